The SMILES string of the molecule is COc1ccc(C(=O)COC(=O)c2ccccc2Cl)cc1. The average Bonchev–Trinajstić information content (AvgIpc) is 2.52. The molecule has 0 amide bonds. The number of ketones is 1. The molecule has 2 aromatic carbocycles. The molecule has 0 atom stereocenters. The summed E-state index contributed by atoms with van der Waals surface area (Å²) in [5, 5.41) is 0.291. The molecule has 0 saturated heterocycles. The van der Waals surface area contributed by atoms with Gasteiger partial charge in [0, 0.05) is 5.56 Å². The number of hydrogen-bond donors (Lipinski definition) is 0. The molecule has 0 saturated carbocycles. The molecule has 0 N–H and O–H groups in total. The van der Waals surface area contributed by atoms with Crippen LogP contribution in [0.5, 0.6) is 5.75 Å². The average molecular weight is 305 g/mol. The van der Waals surface area contributed by atoms with Crippen LogP contribution in [-0.2, 0) is 4.74 Å². The maximum atomic E-state index is 11.9. The Hall–Kier alpha value is -2.33. The van der Waals surface area contributed by atoms with Crippen molar-refractivity contribution in [3.63, 3.8) is 0 Å². The Bertz CT molecular complexity index is 650. The van der Waals surface area contributed by atoms with Crippen molar-refractivity contribution in [2.75, 3.05) is 13.7 Å². The monoisotopic (exact) mass is 304 g/mol. The van der Waals surface area contributed by atoms with Crippen molar-refractivity contribution in [2.45, 2.75) is 0 Å². The standard InChI is InChI=1S/C16H13ClO4/c1-20-12-8-6-11(7-9-12)15(18)10-21-16(19)13-4-2-3-5-14(13)17/h2-9H,10H2,1H3. The number of carbonyl (C=O) groups is 2. The van der Waals surface area contributed by atoms with Crippen LogP contribution in [0.3, 0.4) is 0 Å². The Morgan fingerprint density at radius 2 is 1.71 bits per heavy atom. The van der Waals surface area contributed by atoms with Crippen molar-refractivity contribution in [1.29, 1.82) is 0 Å². The number of ether oxygens (including phenoxy) is 2. The molecule has 0 heterocycles. The van der Waals surface area contributed by atoms with Crippen molar-refractivity contribution in [2.24, 2.45) is 0 Å². The third kappa shape index (κ3) is 3.83. The Morgan fingerprint density at radius 1 is 1.05 bits per heavy atom. The lowest BCUT2D eigenvalue weighted by Gasteiger charge is -2.06. The number of rotatable bonds is 5. The number of esters is 1. The number of halogens is 1. The third-order valence-corrected chi connectivity index (χ3v) is 3.17. The summed E-state index contributed by atoms with van der Waals surface area (Å²) in [4.78, 5) is 23.7. The van der Waals surface area contributed by atoms with Crippen LogP contribution in [-0.4, -0.2) is 25.5 Å². The predicted octanol–water partition coefficient (Wildman–Crippen LogP) is 3.39. The Labute approximate surface area is 127 Å². The van der Waals surface area contributed by atoms with Crippen molar-refractivity contribution in [3.8, 4) is 5.75 Å². The van der Waals surface area contributed by atoms with E-state index in [2.05, 4.69) is 0 Å². The maximum Gasteiger partial charge on any atom is 0.340 e. The number of Topliss-reactive ketones (excluding diaryl/α,β-unsaturated/α-hetero) is 1. The van der Waals surface area contributed by atoms with Gasteiger partial charge in [-0.1, -0.05) is 23.7 Å². The minimum atomic E-state index is -0.623. The lowest BCUT2D eigenvalue weighted by molar-refractivity contribution is 0.0475. The summed E-state index contributed by atoms with van der Waals surface area (Å²) in [7, 11) is 1.54. The van der Waals surface area contributed by atoms with Crippen molar-refractivity contribution >= 4 is 23.4 Å². The van der Waals surface area contributed by atoms with Crippen LogP contribution in [0.2, 0.25) is 5.02 Å². The fourth-order valence-electron chi connectivity index (χ4n) is 1.70. The molecule has 21 heavy (non-hydrogen) atoms. The van der Waals surface area contributed by atoms with Crippen molar-refractivity contribution in [1.82, 2.24) is 0 Å². The van der Waals surface area contributed by atoms with E-state index in [9.17, 15) is 9.59 Å². The molecule has 0 aliphatic heterocycles. The van der Waals surface area contributed by atoms with Crippen LogP contribution >= 0.6 is 11.6 Å². The molecule has 108 valence electrons. The first kappa shape index (κ1) is 15.1. The summed E-state index contributed by atoms with van der Waals surface area (Å²) in [5.41, 5.74) is 0.685. The van der Waals surface area contributed by atoms with Gasteiger partial charge in [-0.3, -0.25) is 4.79 Å². The minimum absolute atomic E-state index is 0.238. The molecule has 0 spiro atoms. The molecule has 0 aliphatic carbocycles. The fourth-order valence-corrected chi connectivity index (χ4v) is 1.91. The van der Waals surface area contributed by atoms with Gasteiger partial charge in [0.2, 0.25) is 0 Å². The van der Waals surface area contributed by atoms with Gasteiger partial charge in [-0.15, -0.1) is 0 Å². The molecule has 4 nitrogen and oxygen atoms in total. The van der Waals surface area contributed by atoms with E-state index in [4.69, 9.17) is 21.1 Å². The lowest BCUT2D eigenvalue weighted by atomic mass is 10.1. The number of carbonyl (C=O) groups excluding carboxylic acids is 2. The van der Waals surface area contributed by atoms with Gasteiger partial charge in [0.25, 0.3) is 0 Å². The van der Waals surface area contributed by atoms with E-state index in [0.29, 0.717) is 16.3 Å². The Morgan fingerprint density at radius 3 is 2.33 bits per heavy atom. The molecule has 2 aromatic rings. The third-order valence-electron chi connectivity index (χ3n) is 2.84. The summed E-state index contributed by atoms with van der Waals surface area (Å²) in [5.74, 6) is -0.264. The molecule has 0 unspecified atom stereocenters. The van der Waals surface area contributed by atoms with Crippen LogP contribution in [0.25, 0.3) is 0 Å². The highest BCUT2D eigenvalue weighted by atomic mass is 35.5. The van der Waals surface area contributed by atoms with Gasteiger partial charge < -0.3 is 9.47 Å². The van der Waals surface area contributed by atoms with Gasteiger partial charge in [0.1, 0.15) is 5.75 Å². The zero-order valence-electron chi connectivity index (χ0n) is 11.3. The molecule has 0 fully saturated rings. The van der Waals surface area contributed by atoms with E-state index in [1.54, 1.807) is 55.6 Å². The summed E-state index contributed by atoms with van der Waals surface area (Å²) in [6, 6.07) is 13.1. The molecular weight excluding hydrogens is 292 g/mol. The zero-order valence-corrected chi connectivity index (χ0v) is 12.1. The maximum absolute atomic E-state index is 11.9. The van der Waals surface area contributed by atoms with Gasteiger partial charge in [0.05, 0.1) is 17.7 Å². The van der Waals surface area contributed by atoms with E-state index in [1.165, 1.54) is 0 Å². The summed E-state index contributed by atoms with van der Waals surface area (Å²) in [6.45, 7) is -0.337. The first-order valence-electron chi connectivity index (χ1n) is 6.20. The topological polar surface area (TPSA) is 52.6 Å². The Kier molecular flexibility index (Phi) is 4.95. The van der Waals surface area contributed by atoms with Crippen LogP contribution in [0, 0.1) is 0 Å². The molecule has 0 aromatic heterocycles. The van der Waals surface area contributed by atoms with Crippen molar-refractivity contribution < 1.29 is 19.1 Å². The molecule has 5 heteroatoms. The first-order chi connectivity index (χ1) is 10.1. The quantitative estimate of drug-likeness (QED) is 0.627. The normalized spacial score (nSPS) is 10.0. The van der Waals surface area contributed by atoms with E-state index in [-0.39, 0.29) is 18.0 Å². The highest BCUT2D eigenvalue weighted by Gasteiger charge is 2.14. The van der Waals surface area contributed by atoms with Gasteiger partial charge in [0.15, 0.2) is 12.4 Å². The van der Waals surface area contributed by atoms with Crippen LogP contribution in [0.1, 0.15) is 20.7 Å². The highest BCUT2D eigenvalue weighted by molar-refractivity contribution is 6.33. The van der Waals surface area contributed by atoms with Crippen molar-refractivity contribution in [3.05, 3.63) is 64.7 Å². The Balaban J connectivity index is 1.97. The second-order valence-electron chi connectivity index (χ2n) is 4.21. The summed E-state index contributed by atoms with van der Waals surface area (Å²) >= 11 is 5.89. The number of benzene rings is 2. The molecule has 2 rings (SSSR count). The highest BCUT2D eigenvalue weighted by Crippen LogP contribution is 2.16. The zero-order chi connectivity index (χ0) is 15.2. The molecule has 0 radical (unpaired) electrons. The second-order valence-corrected chi connectivity index (χ2v) is 4.61. The molecular formula is C16H13ClO4. The summed E-state index contributed by atoms with van der Waals surface area (Å²) < 4.78 is 9.98. The first-order valence-corrected chi connectivity index (χ1v) is 6.58. The van der Waals surface area contributed by atoms with E-state index in [0.717, 1.165) is 0 Å². The van der Waals surface area contributed by atoms with Crippen LogP contribution in [0.15, 0.2) is 48.5 Å². The van der Waals surface area contributed by atoms with Crippen LogP contribution < -0.4 is 4.74 Å². The fraction of sp³-hybridized carbons (Fsp3) is 0.125. The predicted molar refractivity (Wildman–Crippen MR) is 79.1 cm³/mol. The molecule has 0 bridgehead atoms. The van der Waals surface area contributed by atoms with Gasteiger partial charge in [-0.25, -0.2) is 4.79 Å². The minimum Gasteiger partial charge on any atom is -0.497 e. The van der Waals surface area contributed by atoms with Crippen LogP contribution in [0.4, 0.5) is 0 Å². The molecule has 0 aliphatic rings. The van der Waals surface area contributed by atoms with E-state index >= 15 is 0 Å². The largest absolute Gasteiger partial charge is 0.497 e. The number of hydrogen-bond acceptors (Lipinski definition) is 4. The summed E-state index contributed by atoms with van der Waals surface area (Å²) in [6.07, 6.45) is 0. The second kappa shape index (κ2) is 6.90. The van der Waals surface area contributed by atoms with Gasteiger partial charge >= 0.3 is 5.97 Å². The van der Waals surface area contributed by atoms with Gasteiger partial charge in [-0.2, -0.15) is 0 Å². The number of methoxy groups -OCH3 is 1. The van der Waals surface area contributed by atoms with Gasteiger partial charge in [-0.05, 0) is 36.4 Å². The smallest absolute Gasteiger partial charge is 0.340 e. The van der Waals surface area contributed by atoms with E-state index < -0.39 is 5.97 Å². The lowest BCUT2D eigenvalue weighted by Crippen LogP contribution is -2.14. The van der Waals surface area contributed by atoms with E-state index in [1.807, 2.05) is 0 Å².